The average molecular weight is 210 g/mol. The zero-order chi connectivity index (χ0) is 11.0. The van der Waals surface area contributed by atoms with E-state index in [4.69, 9.17) is 0 Å². The maximum absolute atomic E-state index is 12.7. The van der Waals surface area contributed by atoms with Gasteiger partial charge in [-0.15, -0.1) is 0 Å². The van der Waals surface area contributed by atoms with Crippen molar-refractivity contribution in [2.75, 3.05) is 13.2 Å². The number of rotatable bonds is 7. The molecule has 84 valence electrons. The lowest BCUT2D eigenvalue weighted by molar-refractivity contribution is -0.154. The second-order valence-electron chi connectivity index (χ2n) is 2.94. The number of nitrogens with two attached hydrogens (primary N) is 1. The summed E-state index contributed by atoms with van der Waals surface area (Å²) in [6, 6.07) is 0. The van der Waals surface area contributed by atoms with Gasteiger partial charge in [0.1, 0.15) is 6.61 Å². The van der Waals surface area contributed by atoms with Gasteiger partial charge in [-0.05, 0) is 6.42 Å². The van der Waals surface area contributed by atoms with Crippen molar-refractivity contribution in [1.82, 2.24) is 5.43 Å². The summed E-state index contributed by atoms with van der Waals surface area (Å²) >= 11 is 0. The van der Waals surface area contributed by atoms with Crippen molar-refractivity contribution in [3.8, 4) is 0 Å². The SMILES string of the molecule is CCCCCOCC(F)(F)C(=O)NN. The van der Waals surface area contributed by atoms with Crippen LogP contribution in [-0.4, -0.2) is 25.0 Å². The molecule has 0 unspecified atom stereocenters. The van der Waals surface area contributed by atoms with Gasteiger partial charge < -0.3 is 4.74 Å². The molecule has 0 heterocycles. The molecule has 0 spiro atoms. The molecule has 0 atom stereocenters. The first-order valence-electron chi connectivity index (χ1n) is 4.51. The Kier molecular flexibility index (Phi) is 6.31. The van der Waals surface area contributed by atoms with E-state index in [1.165, 1.54) is 5.43 Å². The van der Waals surface area contributed by atoms with Crippen molar-refractivity contribution in [1.29, 1.82) is 0 Å². The molecule has 0 fully saturated rings. The summed E-state index contributed by atoms with van der Waals surface area (Å²) in [7, 11) is 0. The highest BCUT2D eigenvalue weighted by Crippen LogP contribution is 2.13. The molecule has 3 N–H and O–H groups in total. The molecule has 0 saturated carbocycles. The van der Waals surface area contributed by atoms with E-state index in [1.807, 2.05) is 6.92 Å². The van der Waals surface area contributed by atoms with Crippen molar-refractivity contribution >= 4 is 5.91 Å². The van der Waals surface area contributed by atoms with E-state index in [1.54, 1.807) is 0 Å². The Morgan fingerprint density at radius 1 is 1.50 bits per heavy atom. The number of carbonyl (C=O) groups excluding carboxylic acids is 1. The minimum absolute atomic E-state index is 0.237. The van der Waals surface area contributed by atoms with E-state index in [0.717, 1.165) is 19.3 Å². The number of halogens is 2. The van der Waals surface area contributed by atoms with Crippen molar-refractivity contribution in [2.45, 2.75) is 32.1 Å². The van der Waals surface area contributed by atoms with Crippen LogP contribution in [0.5, 0.6) is 0 Å². The Hall–Kier alpha value is -0.750. The van der Waals surface area contributed by atoms with Crippen molar-refractivity contribution in [2.24, 2.45) is 5.84 Å². The van der Waals surface area contributed by atoms with Crippen LogP contribution in [0.1, 0.15) is 26.2 Å². The van der Waals surface area contributed by atoms with Crippen LogP contribution in [0.2, 0.25) is 0 Å². The van der Waals surface area contributed by atoms with Crippen LogP contribution in [0.25, 0.3) is 0 Å². The molecule has 4 nitrogen and oxygen atoms in total. The van der Waals surface area contributed by atoms with Gasteiger partial charge in [0.25, 0.3) is 0 Å². The first-order valence-corrected chi connectivity index (χ1v) is 4.51. The number of unbranched alkanes of at least 4 members (excludes halogenated alkanes) is 2. The lowest BCUT2D eigenvalue weighted by Gasteiger charge is -2.13. The first-order chi connectivity index (χ1) is 6.54. The fourth-order valence-corrected chi connectivity index (χ4v) is 0.826. The van der Waals surface area contributed by atoms with E-state index in [0.29, 0.717) is 0 Å². The van der Waals surface area contributed by atoms with E-state index >= 15 is 0 Å². The number of ether oxygens (including phenoxy) is 1. The van der Waals surface area contributed by atoms with E-state index in [2.05, 4.69) is 10.6 Å². The minimum atomic E-state index is -3.54. The van der Waals surface area contributed by atoms with Crippen molar-refractivity contribution in [3.63, 3.8) is 0 Å². The summed E-state index contributed by atoms with van der Waals surface area (Å²) < 4.78 is 30.1. The summed E-state index contributed by atoms with van der Waals surface area (Å²) in [5.74, 6) is -0.486. The molecule has 14 heavy (non-hydrogen) atoms. The monoisotopic (exact) mass is 210 g/mol. The lowest BCUT2D eigenvalue weighted by atomic mass is 10.3. The quantitative estimate of drug-likeness (QED) is 0.283. The van der Waals surface area contributed by atoms with Gasteiger partial charge in [0.05, 0.1) is 0 Å². The molecular weight excluding hydrogens is 194 g/mol. The summed E-state index contributed by atoms with van der Waals surface area (Å²) in [5.41, 5.74) is 1.39. The van der Waals surface area contributed by atoms with Gasteiger partial charge in [-0.1, -0.05) is 19.8 Å². The average Bonchev–Trinajstić information content (AvgIpc) is 2.16. The third kappa shape index (κ3) is 5.08. The van der Waals surface area contributed by atoms with Gasteiger partial charge in [0.2, 0.25) is 0 Å². The van der Waals surface area contributed by atoms with Crippen molar-refractivity contribution in [3.05, 3.63) is 0 Å². The molecule has 0 aromatic carbocycles. The fraction of sp³-hybridized carbons (Fsp3) is 0.875. The third-order valence-electron chi connectivity index (χ3n) is 1.64. The van der Waals surface area contributed by atoms with Gasteiger partial charge >= 0.3 is 11.8 Å². The van der Waals surface area contributed by atoms with Gasteiger partial charge in [-0.3, -0.25) is 10.2 Å². The molecule has 0 rings (SSSR count). The fourth-order valence-electron chi connectivity index (χ4n) is 0.826. The van der Waals surface area contributed by atoms with Crippen LogP contribution >= 0.6 is 0 Å². The van der Waals surface area contributed by atoms with Crippen LogP contribution in [0, 0.1) is 0 Å². The standard InChI is InChI=1S/C8H16F2N2O2/c1-2-3-4-5-14-6-8(9,10)7(13)12-11/h2-6,11H2,1H3,(H,12,13). The highest BCUT2D eigenvalue weighted by molar-refractivity contribution is 5.82. The third-order valence-corrected chi connectivity index (χ3v) is 1.64. The summed E-state index contributed by atoms with van der Waals surface area (Å²) in [6.45, 7) is 1.32. The maximum atomic E-state index is 12.7. The predicted octanol–water partition coefficient (Wildman–Crippen LogP) is 0.818. The second kappa shape index (κ2) is 6.67. The number of hydrogen-bond donors (Lipinski definition) is 2. The first kappa shape index (κ1) is 13.2. The number of hydrogen-bond acceptors (Lipinski definition) is 3. The van der Waals surface area contributed by atoms with Crippen molar-refractivity contribution < 1.29 is 18.3 Å². The number of alkyl halides is 2. The molecule has 0 saturated heterocycles. The highest BCUT2D eigenvalue weighted by atomic mass is 19.3. The minimum Gasteiger partial charge on any atom is -0.375 e. The molecule has 0 aliphatic heterocycles. The second-order valence-corrected chi connectivity index (χ2v) is 2.94. The van der Waals surface area contributed by atoms with Gasteiger partial charge in [0.15, 0.2) is 0 Å². The van der Waals surface area contributed by atoms with E-state index in [-0.39, 0.29) is 6.61 Å². The summed E-state index contributed by atoms with van der Waals surface area (Å²) in [6.07, 6.45) is 2.63. The molecule has 0 aliphatic rings. The Morgan fingerprint density at radius 3 is 2.64 bits per heavy atom. The molecule has 0 aliphatic carbocycles. The Labute approximate surface area is 81.8 Å². The molecule has 6 heteroatoms. The topological polar surface area (TPSA) is 64.3 Å². The molecule has 1 amide bonds. The molecular formula is C8H16F2N2O2. The van der Waals surface area contributed by atoms with Crippen LogP contribution < -0.4 is 11.3 Å². The number of amides is 1. The van der Waals surface area contributed by atoms with Crippen LogP contribution in [0.15, 0.2) is 0 Å². The molecule has 0 aromatic rings. The number of carbonyl (C=O) groups is 1. The summed E-state index contributed by atoms with van der Waals surface area (Å²) in [5, 5.41) is 0. The van der Waals surface area contributed by atoms with E-state index < -0.39 is 18.4 Å². The molecule has 0 bridgehead atoms. The largest absolute Gasteiger partial charge is 0.375 e. The lowest BCUT2D eigenvalue weighted by Crippen LogP contribution is -2.46. The Morgan fingerprint density at radius 2 is 2.14 bits per heavy atom. The smallest absolute Gasteiger partial charge is 0.348 e. The van der Waals surface area contributed by atoms with Gasteiger partial charge in [-0.25, -0.2) is 5.84 Å². The van der Waals surface area contributed by atoms with Crippen LogP contribution in [0.3, 0.4) is 0 Å². The predicted molar refractivity (Wildman–Crippen MR) is 47.6 cm³/mol. The highest BCUT2D eigenvalue weighted by Gasteiger charge is 2.38. The van der Waals surface area contributed by atoms with E-state index in [9.17, 15) is 13.6 Å². The summed E-state index contributed by atoms with van der Waals surface area (Å²) in [4.78, 5) is 10.5. The molecule has 0 aromatic heterocycles. The zero-order valence-corrected chi connectivity index (χ0v) is 8.19. The Bertz CT molecular complexity index is 177. The normalized spacial score (nSPS) is 11.4. The van der Waals surface area contributed by atoms with Gasteiger partial charge in [-0.2, -0.15) is 8.78 Å². The molecule has 0 radical (unpaired) electrons. The maximum Gasteiger partial charge on any atom is 0.348 e. The Balaban J connectivity index is 3.60. The zero-order valence-electron chi connectivity index (χ0n) is 8.19. The number of hydrazine groups is 1. The number of nitrogens with one attached hydrogen (secondary N) is 1. The van der Waals surface area contributed by atoms with Crippen LogP contribution in [-0.2, 0) is 9.53 Å². The van der Waals surface area contributed by atoms with Crippen LogP contribution in [0.4, 0.5) is 8.78 Å². The van der Waals surface area contributed by atoms with Gasteiger partial charge in [0, 0.05) is 6.61 Å².